The second-order valence-electron chi connectivity index (χ2n) is 7.54. The van der Waals surface area contributed by atoms with Crippen molar-refractivity contribution in [2.24, 2.45) is 0 Å². The van der Waals surface area contributed by atoms with Crippen molar-refractivity contribution < 1.29 is 8.42 Å². The first-order chi connectivity index (χ1) is 14.8. The van der Waals surface area contributed by atoms with Crippen molar-refractivity contribution in [1.29, 1.82) is 0 Å². The van der Waals surface area contributed by atoms with Gasteiger partial charge in [-0.2, -0.15) is 0 Å². The van der Waals surface area contributed by atoms with Crippen molar-refractivity contribution in [3.05, 3.63) is 64.1 Å². The van der Waals surface area contributed by atoms with Crippen LogP contribution in [0.25, 0.3) is 11.3 Å². The highest BCUT2D eigenvalue weighted by atomic mass is 35.5. The molecule has 0 saturated carbocycles. The Kier molecular flexibility index (Phi) is 6.36. The van der Waals surface area contributed by atoms with Crippen LogP contribution in [0.15, 0.2) is 53.4 Å². The number of anilines is 2. The van der Waals surface area contributed by atoms with Gasteiger partial charge < -0.3 is 4.90 Å². The highest BCUT2D eigenvalue weighted by molar-refractivity contribution is 7.92. The molecule has 1 saturated heterocycles. The first kappa shape index (κ1) is 21.9. The molecule has 31 heavy (non-hydrogen) atoms. The first-order valence-electron chi connectivity index (χ1n) is 10.0. The Bertz CT molecular complexity index is 1180. The summed E-state index contributed by atoms with van der Waals surface area (Å²) in [5, 5.41) is 9.20. The van der Waals surface area contributed by atoms with Gasteiger partial charge >= 0.3 is 0 Å². The van der Waals surface area contributed by atoms with E-state index in [9.17, 15) is 8.42 Å². The molecular formula is C22H22Cl2N4O2S. The van der Waals surface area contributed by atoms with E-state index in [1.807, 2.05) is 12.1 Å². The van der Waals surface area contributed by atoms with E-state index in [0.29, 0.717) is 16.3 Å². The average Bonchev–Trinajstić information content (AvgIpc) is 2.77. The van der Waals surface area contributed by atoms with E-state index in [-0.39, 0.29) is 9.92 Å². The van der Waals surface area contributed by atoms with Crippen molar-refractivity contribution in [3.63, 3.8) is 0 Å². The highest BCUT2D eigenvalue weighted by Gasteiger charge is 2.20. The zero-order valence-electron chi connectivity index (χ0n) is 17.0. The van der Waals surface area contributed by atoms with E-state index in [1.54, 1.807) is 31.2 Å². The van der Waals surface area contributed by atoms with E-state index >= 15 is 0 Å². The van der Waals surface area contributed by atoms with Crippen LogP contribution in [-0.4, -0.2) is 31.7 Å². The van der Waals surface area contributed by atoms with Crippen LogP contribution in [0.2, 0.25) is 10.0 Å². The molecule has 1 N–H and O–H groups in total. The standard InChI is InChI=1S/C22H22Cl2N4O2S/c1-15-13-21(19(24)14-18(15)23)31(29,30)27-17-7-5-16(6-8-17)20-9-10-22(26-25-20)28-11-3-2-4-12-28/h5-10,13-14,27H,2-4,11-12H2,1H3. The van der Waals surface area contributed by atoms with E-state index in [2.05, 4.69) is 19.8 Å². The van der Waals surface area contributed by atoms with E-state index in [4.69, 9.17) is 23.2 Å². The Morgan fingerprint density at radius 1 is 0.903 bits per heavy atom. The molecule has 3 aromatic rings. The van der Waals surface area contributed by atoms with Crippen LogP contribution in [-0.2, 0) is 10.0 Å². The maximum atomic E-state index is 12.8. The summed E-state index contributed by atoms with van der Waals surface area (Å²) < 4.78 is 28.1. The lowest BCUT2D eigenvalue weighted by Gasteiger charge is -2.27. The number of piperidine rings is 1. The number of aryl methyl sites for hydroxylation is 1. The van der Waals surface area contributed by atoms with Gasteiger partial charge in [-0.15, -0.1) is 10.2 Å². The van der Waals surface area contributed by atoms with Gasteiger partial charge in [-0.05, 0) is 68.1 Å². The molecule has 9 heteroatoms. The monoisotopic (exact) mass is 476 g/mol. The molecule has 0 amide bonds. The van der Waals surface area contributed by atoms with Gasteiger partial charge in [-0.1, -0.05) is 35.3 Å². The normalized spacial score (nSPS) is 14.5. The van der Waals surface area contributed by atoms with Crippen molar-refractivity contribution >= 4 is 44.7 Å². The Morgan fingerprint density at radius 2 is 1.61 bits per heavy atom. The molecule has 2 aromatic carbocycles. The molecule has 0 bridgehead atoms. The van der Waals surface area contributed by atoms with Crippen molar-refractivity contribution in [2.45, 2.75) is 31.1 Å². The quantitative estimate of drug-likeness (QED) is 0.522. The lowest BCUT2D eigenvalue weighted by Crippen LogP contribution is -2.30. The number of aromatic nitrogens is 2. The smallest absolute Gasteiger partial charge is 0.263 e. The van der Waals surface area contributed by atoms with Crippen LogP contribution < -0.4 is 9.62 Å². The molecule has 0 spiro atoms. The number of hydrogen-bond acceptors (Lipinski definition) is 5. The number of sulfonamides is 1. The Labute approximate surface area is 192 Å². The van der Waals surface area contributed by atoms with Gasteiger partial charge in [0.2, 0.25) is 0 Å². The largest absolute Gasteiger partial charge is 0.355 e. The number of benzene rings is 2. The van der Waals surface area contributed by atoms with E-state index in [1.165, 1.54) is 31.4 Å². The molecule has 4 rings (SSSR count). The first-order valence-corrected chi connectivity index (χ1v) is 12.2. The predicted molar refractivity (Wildman–Crippen MR) is 126 cm³/mol. The summed E-state index contributed by atoms with van der Waals surface area (Å²) in [6.07, 6.45) is 3.63. The lowest BCUT2D eigenvalue weighted by atomic mass is 10.1. The Morgan fingerprint density at radius 3 is 2.26 bits per heavy atom. The molecule has 162 valence electrons. The number of hydrogen-bond donors (Lipinski definition) is 1. The van der Waals surface area contributed by atoms with Crippen LogP contribution in [0, 0.1) is 6.92 Å². The van der Waals surface area contributed by atoms with Gasteiger partial charge in [-0.25, -0.2) is 8.42 Å². The summed E-state index contributed by atoms with van der Waals surface area (Å²) >= 11 is 12.1. The Balaban J connectivity index is 1.50. The molecule has 0 atom stereocenters. The summed E-state index contributed by atoms with van der Waals surface area (Å²) in [6, 6.07) is 13.8. The lowest BCUT2D eigenvalue weighted by molar-refractivity contribution is 0.571. The summed E-state index contributed by atoms with van der Waals surface area (Å²) in [6.45, 7) is 3.75. The Hall–Kier alpha value is -2.35. The van der Waals surface area contributed by atoms with Crippen LogP contribution in [0.3, 0.4) is 0 Å². The van der Waals surface area contributed by atoms with Crippen LogP contribution in [0.1, 0.15) is 24.8 Å². The van der Waals surface area contributed by atoms with Crippen molar-refractivity contribution in [1.82, 2.24) is 10.2 Å². The predicted octanol–water partition coefficient (Wildman–Crippen LogP) is 5.55. The average molecular weight is 477 g/mol. The molecule has 2 heterocycles. The molecule has 1 aliphatic rings. The topological polar surface area (TPSA) is 75.2 Å². The third-order valence-electron chi connectivity index (χ3n) is 5.27. The summed E-state index contributed by atoms with van der Waals surface area (Å²) in [4.78, 5) is 2.24. The third kappa shape index (κ3) is 4.95. The fourth-order valence-electron chi connectivity index (χ4n) is 3.53. The van der Waals surface area contributed by atoms with Crippen LogP contribution in [0.5, 0.6) is 0 Å². The maximum Gasteiger partial charge on any atom is 0.263 e. The van der Waals surface area contributed by atoms with Crippen molar-refractivity contribution in [3.8, 4) is 11.3 Å². The molecule has 1 aliphatic heterocycles. The minimum Gasteiger partial charge on any atom is -0.355 e. The number of nitrogens with zero attached hydrogens (tertiary/aromatic N) is 3. The minimum atomic E-state index is -3.85. The van der Waals surface area contributed by atoms with Crippen molar-refractivity contribution in [2.75, 3.05) is 22.7 Å². The van der Waals surface area contributed by atoms with Gasteiger partial charge in [0.1, 0.15) is 4.90 Å². The molecule has 1 aromatic heterocycles. The molecular weight excluding hydrogens is 455 g/mol. The summed E-state index contributed by atoms with van der Waals surface area (Å²) in [5.41, 5.74) is 2.63. The fourth-order valence-corrected chi connectivity index (χ4v) is 5.42. The summed E-state index contributed by atoms with van der Waals surface area (Å²) in [7, 11) is -3.85. The highest BCUT2D eigenvalue weighted by Crippen LogP contribution is 2.30. The molecule has 6 nitrogen and oxygen atoms in total. The molecule has 0 aliphatic carbocycles. The number of halogens is 2. The minimum absolute atomic E-state index is 0.0145. The van der Waals surface area contributed by atoms with Gasteiger partial charge in [0.05, 0.1) is 10.7 Å². The molecule has 1 fully saturated rings. The van der Waals surface area contributed by atoms with Gasteiger partial charge in [-0.3, -0.25) is 4.72 Å². The molecule has 0 radical (unpaired) electrons. The van der Waals surface area contributed by atoms with E-state index < -0.39 is 10.0 Å². The summed E-state index contributed by atoms with van der Waals surface area (Å²) in [5.74, 6) is 0.892. The third-order valence-corrected chi connectivity index (χ3v) is 7.52. The second-order valence-corrected chi connectivity index (χ2v) is 10.0. The molecule has 0 unspecified atom stereocenters. The van der Waals surface area contributed by atoms with Gasteiger partial charge in [0, 0.05) is 29.4 Å². The van der Waals surface area contributed by atoms with Gasteiger partial charge in [0.25, 0.3) is 10.0 Å². The van der Waals surface area contributed by atoms with Crippen LogP contribution in [0.4, 0.5) is 11.5 Å². The second kappa shape index (κ2) is 9.02. The number of rotatable bonds is 5. The maximum absolute atomic E-state index is 12.8. The van der Waals surface area contributed by atoms with Crippen LogP contribution >= 0.6 is 23.2 Å². The zero-order valence-corrected chi connectivity index (χ0v) is 19.3. The number of nitrogens with one attached hydrogen (secondary N) is 1. The fraction of sp³-hybridized carbons (Fsp3) is 0.273. The zero-order chi connectivity index (χ0) is 22.0. The van der Waals surface area contributed by atoms with Gasteiger partial charge in [0.15, 0.2) is 5.82 Å². The van der Waals surface area contributed by atoms with E-state index in [0.717, 1.165) is 30.2 Å². The SMILES string of the molecule is Cc1cc(S(=O)(=O)Nc2ccc(-c3ccc(N4CCCCC4)nn3)cc2)c(Cl)cc1Cl.